The Balaban J connectivity index is 1.12. The molecule has 306 valence electrons. The Labute approximate surface area is 381 Å². The molecule has 1 heteroatoms. The normalized spacial score (nSPS) is 13.9. The van der Waals surface area contributed by atoms with Crippen LogP contribution in [0.5, 0.6) is 0 Å². The molecule has 3 aliphatic carbocycles. The fourth-order valence-electron chi connectivity index (χ4n) is 11.8. The average Bonchev–Trinajstić information content (AvgIpc) is 3.75. The summed E-state index contributed by atoms with van der Waals surface area (Å²) in [5.41, 5.74) is 25.6. The lowest BCUT2D eigenvalue weighted by molar-refractivity contribution is 0.660. The molecule has 0 atom stereocenters. The highest BCUT2D eigenvalue weighted by Crippen LogP contribution is 2.62. The zero-order valence-corrected chi connectivity index (χ0v) is 36.5. The molecule has 3 aliphatic rings. The van der Waals surface area contributed by atoms with Gasteiger partial charge in [-0.2, -0.15) is 0 Å². The maximum absolute atomic E-state index is 2.54. The first-order chi connectivity index (χ1) is 32.0. The Hall–Kier alpha value is -8.00. The van der Waals surface area contributed by atoms with Crippen LogP contribution in [0.25, 0.3) is 66.8 Å². The number of rotatable bonds is 5. The van der Waals surface area contributed by atoms with E-state index in [1.54, 1.807) is 0 Å². The maximum Gasteiger partial charge on any atom is 0.0726 e. The van der Waals surface area contributed by atoms with Crippen molar-refractivity contribution in [3.63, 3.8) is 0 Å². The Kier molecular flexibility index (Phi) is 8.24. The van der Waals surface area contributed by atoms with Gasteiger partial charge in [0.05, 0.1) is 11.1 Å². The monoisotopic (exact) mass is 827 g/mol. The molecule has 10 aromatic rings. The van der Waals surface area contributed by atoms with Crippen LogP contribution in [-0.4, -0.2) is 0 Å². The van der Waals surface area contributed by atoms with Gasteiger partial charge in [0, 0.05) is 22.4 Å². The van der Waals surface area contributed by atoms with E-state index < -0.39 is 5.41 Å². The second-order valence-corrected chi connectivity index (χ2v) is 18.4. The number of benzene rings is 10. The number of hydrogen-bond donors (Lipinski definition) is 0. The first kappa shape index (κ1) is 37.5. The van der Waals surface area contributed by atoms with Crippen molar-refractivity contribution in [2.75, 3.05) is 4.90 Å². The third kappa shape index (κ3) is 5.39. The molecular weight excluding hydrogens is 783 g/mol. The molecule has 0 N–H and O–H groups in total. The molecule has 10 aromatic carbocycles. The standard InChI is InChI=1S/C64H45N/c1-63(2)56-29-15-11-27-51(56)53-36-34-45(40-60(53)63)65(62-38-33-44(42-19-5-3-6-20-42)39-55(62)43-21-7-4-8-22-43)46-35-37-54-52-28-14-18-32-59(52)64(61(54)41-46)57-30-16-12-25-49(57)47-23-9-10-24-48(47)50-26-13-17-31-58(50)64/h3-41H,1-2H3. The molecule has 0 fully saturated rings. The van der Waals surface area contributed by atoms with Crippen molar-refractivity contribution >= 4 is 17.1 Å². The van der Waals surface area contributed by atoms with Crippen molar-refractivity contribution < 1.29 is 0 Å². The van der Waals surface area contributed by atoms with E-state index >= 15 is 0 Å². The molecule has 0 radical (unpaired) electrons. The SMILES string of the molecule is CC1(C)c2ccccc2-c2ccc(N(c3ccc4c(c3)C3(c5ccccc5-c5ccccc5-c5ccccc53)c3ccccc3-4)c3ccc(-c4ccccc4)cc3-c3ccccc3)cc21. The van der Waals surface area contributed by atoms with Gasteiger partial charge in [-0.15, -0.1) is 0 Å². The van der Waals surface area contributed by atoms with E-state index in [0.29, 0.717) is 0 Å². The van der Waals surface area contributed by atoms with Crippen LogP contribution in [-0.2, 0) is 10.8 Å². The largest absolute Gasteiger partial charge is 0.310 e. The van der Waals surface area contributed by atoms with Gasteiger partial charge in [-0.25, -0.2) is 0 Å². The van der Waals surface area contributed by atoms with E-state index in [0.717, 1.165) is 17.1 Å². The van der Waals surface area contributed by atoms with Crippen LogP contribution in [0.4, 0.5) is 17.1 Å². The Bertz CT molecular complexity index is 3450. The van der Waals surface area contributed by atoms with E-state index in [1.165, 1.54) is 100 Å². The van der Waals surface area contributed by atoms with Crippen molar-refractivity contribution in [3.05, 3.63) is 270 Å². The Morgan fingerprint density at radius 2 is 0.662 bits per heavy atom. The van der Waals surface area contributed by atoms with Gasteiger partial charge in [-0.1, -0.05) is 214 Å². The first-order valence-electron chi connectivity index (χ1n) is 22.8. The van der Waals surface area contributed by atoms with Crippen LogP contribution in [0.15, 0.2) is 237 Å². The third-order valence-electron chi connectivity index (χ3n) is 14.7. The smallest absolute Gasteiger partial charge is 0.0726 e. The van der Waals surface area contributed by atoms with Gasteiger partial charge < -0.3 is 4.90 Å². The van der Waals surface area contributed by atoms with Gasteiger partial charge in [-0.3, -0.25) is 0 Å². The van der Waals surface area contributed by atoms with Gasteiger partial charge in [0.2, 0.25) is 0 Å². The van der Waals surface area contributed by atoms with Crippen molar-refractivity contribution in [1.29, 1.82) is 0 Å². The average molecular weight is 828 g/mol. The molecule has 0 aromatic heterocycles. The maximum atomic E-state index is 2.54. The molecule has 1 nitrogen and oxygen atoms in total. The highest BCUT2D eigenvalue weighted by molar-refractivity contribution is 5.99. The zero-order chi connectivity index (χ0) is 43.3. The number of fused-ring (bicyclic) bond motifs is 15. The molecule has 0 aliphatic heterocycles. The van der Waals surface area contributed by atoms with Crippen LogP contribution in [0.3, 0.4) is 0 Å². The van der Waals surface area contributed by atoms with Gasteiger partial charge >= 0.3 is 0 Å². The van der Waals surface area contributed by atoms with Crippen molar-refractivity contribution in [1.82, 2.24) is 0 Å². The van der Waals surface area contributed by atoms with Crippen LogP contribution in [0, 0.1) is 0 Å². The van der Waals surface area contributed by atoms with Crippen molar-refractivity contribution in [3.8, 4) is 66.8 Å². The summed E-state index contributed by atoms with van der Waals surface area (Å²) < 4.78 is 0. The molecule has 0 amide bonds. The van der Waals surface area contributed by atoms with Crippen LogP contribution in [0.2, 0.25) is 0 Å². The second kappa shape index (κ2) is 14.3. The summed E-state index contributed by atoms with van der Waals surface area (Å²) in [4.78, 5) is 2.54. The van der Waals surface area contributed by atoms with E-state index in [9.17, 15) is 0 Å². The predicted molar refractivity (Wildman–Crippen MR) is 271 cm³/mol. The molecule has 0 bridgehead atoms. The highest BCUT2D eigenvalue weighted by atomic mass is 15.1. The number of hydrogen-bond acceptors (Lipinski definition) is 1. The highest BCUT2D eigenvalue weighted by Gasteiger charge is 2.50. The van der Waals surface area contributed by atoms with Gasteiger partial charge in [-0.05, 0) is 131 Å². The minimum atomic E-state index is -0.596. The van der Waals surface area contributed by atoms with Gasteiger partial charge in [0.25, 0.3) is 0 Å². The Morgan fingerprint density at radius 1 is 0.262 bits per heavy atom. The minimum absolute atomic E-state index is 0.167. The van der Waals surface area contributed by atoms with Gasteiger partial charge in [0.15, 0.2) is 0 Å². The van der Waals surface area contributed by atoms with Crippen molar-refractivity contribution in [2.24, 2.45) is 0 Å². The van der Waals surface area contributed by atoms with E-state index in [4.69, 9.17) is 0 Å². The van der Waals surface area contributed by atoms with Crippen LogP contribution < -0.4 is 4.90 Å². The summed E-state index contributed by atoms with van der Waals surface area (Å²) in [7, 11) is 0. The fourth-order valence-corrected chi connectivity index (χ4v) is 11.8. The van der Waals surface area contributed by atoms with Crippen molar-refractivity contribution in [2.45, 2.75) is 24.7 Å². The summed E-state index contributed by atoms with van der Waals surface area (Å²) in [5.74, 6) is 0. The fraction of sp³-hybridized carbons (Fsp3) is 0.0625. The summed E-state index contributed by atoms with van der Waals surface area (Å²) in [6, 6.07) is 88.6. The topological polar surface area (TPSA) is 3.24 Å². The lowest BCUT2D eigenvalue weighted by Crippen LogP contribution is -2.29. The summed E-state index contributed by atoms with van der Waals surface area (Å²) in [5, 5.41) is 0. The molecule has 0 saturated heterocycles. The predicted octanol–water partition coefficient (Wildman–Crippen LogP) is 16.8. The lowest BCUT2D eigenvalue weighted by atomic mass is 9.66. The van der Waals surface area contributed by atoms with Crippen LogP contribution >= 0.6 is 0 Å². The minimum Gasteiger partial charge on any atom is -0.310 e. The zero-order valence-electron chi connectivity index (χ0n) is 36.5. The Morgan fingerprint density at radius 3 is 1.22 bits per heavy atom. The second-order valence-electron chi connectivity index (χ2n) is 18.4. The molecule has 0 saturated carbocycles. The summed E-state index contributed by atoms with van der Waals surface area (Å²) in [6.45, 7) is 4.76. The molecule has 13 rings (SSSR count). The van der Waals surface area contributed by atoms with E-state index in [1.807, 2.05) is 0 Å². The number of nitrogens with zero attached hydrogens (tertiary/aromatic N) is 1. The first-order valence-corrected chi connectivity index (χ1v) is 22.8. The molecule has 0 unspecified atom stereocenters. The quantitative estimate of drug-likeness (QED) is 0.167. The molecule has 65 heavy (non-hydrogen) atoms. The molecule has 1 spiro atoms. The molecule has 0 heterocycles. The summed E-state index contributed by atoms with van der Waals surface area (Å²) in [6.07, 6.45) is 0. The van der Waals surface area contributed by atoms with E-state index in [2.05, 4.69) is 255 Å². The third-order valence-corrected chi connectivity index (χ3v) is 14.7. The molecular formula is C64H45N. The lowest BCUT2D eigenvalue weighted by Gasteiger charge is -2.36. The number of anilines is 3. The van der Waals surface area contributed by atoms with Crippen LogP contribution in [0.1, 0.15) is 47.2 Å². The summed E-state index contributed by atoms with van der Waals surface area (Å²) >= 11 is 0. The van der Waals surface area contributed by atoms with Gasteiger partial charge in [0.1, 0.15) is 0 Å². The van der Waals surface area contributed by atoms with E-state index in [-0.39, 0.29) is 5.41 Å².